The summed E-state index contributed by atoms with van der Waals surface area (Å²) >= 11 is 5.36. The van der Waals surface area contributed by atoms with Gasteiger partial charge in [-0.25, -0.2) is 4.84 Å². The van der Waals surface area contributed by atoms with Crippen molar-refractivity contribution in [3.8, 4) is 5.75 Å². The van der Waals surface area contributed by atoms with E-state index < -0.39 is 7.12 Å². The highest BCUT2D eigenvalue weighted by molar-refractivity contribution is 6.62. The summed E-state index contributed by atoms with van der Waals surface area (Å²) in [4.78, 5) is 2.45. The molecule has 0 spiro atoms. The number of rotatable bonds is 2. The van der Waals surface area contributed by atoms with E-state index >= 15 is 0 Å². The number of fused-ring (bicyclic) bond motifs is 1. The minimum atomic E-state index is -1.07. The molecule has 3 N–H and O–H groups in total. The summed E-state index contributed by atoms with van der Waals surface area (Å²) in [6, 6.07) is 5.02. The minimum absolute atomic E-state index is 0.0482. The Morgan fingerprint density at radius 1 is 1.57 bits per heavy atom. The van der Waals surface area contributed by atoms with Gasteiger partial charge in [0.25, 0.3) is 0 Å². The highest BCUT2D eigenvalue weighted by atomic mass is 35.5. The summed E-state index contributed by atoms with van der Waals surface area (Å²) in [5.74, 6) is 0.0482. The number of hydrogen-bond donors (Lipinski definition) is 3. The van der Waals surface area contributed by atoms with Gasteiger partial charge in [0.05, 0.1) is 6.10 Å². The fourth-order valence-corrected chi connectivity index (χ4v) is 1.79. The van der Waals surface area contributed by atoms with Crippen molar-refractivity contribution >= 4 is 24.4 Å². The van der Waals surface area contributed by atoms with Gasteiger partial charge in [-0.15, -0.1) is 0 Å². The van der Waals surface area contributed by atoms with E-state index in [1.807, 2.05) is 0 Å². The van der Waals surface area contributed by atoms with Gasteiger partial charge in [-0.2, -0.15) is 0 Å². The van der Waals surface area contributed by atoms with Crippen molar-refractivity contribution in [3.63, 3.8) is 0 Å². The highest BCUT2D eigenvalue weighted by Crippen LogP contribution is 2.26. The van der Waals surface area contributed by atoms with E-state index in [-0.39, 0.29) is 11.9 Å². The van der Waals surface area contributed by atoms with Gasteiger partial charge in [-0.3, -0.25) is 0 Å². The molecule has 0 aliphatic carbocycles. The van der Waals surface area contributed by atoms with Crippen LogP contribution in [0.1, 0.15) is 11.7 Å². The number of phenols is 1. The van der Waals surface area contributed by atoms with E-state index in [2.05, 4.69) is 4.84 Å². The summed E-state index contributed by atoms with van der Waals surface area (Å²) < 4.78 is 5.20. The Kier molecular flexibility index (Phi) is 2.65. The third-order valence-corrected chi connectivity index (χ3v) is 2.42. The normalized spacial score (nSPS) is 19.9. The lowest BCUT2D eigenvalue weighted by Gasteiger charge is -2.09. The molecule has 1 aliphatic heterocycles. The van der Waals surface area contributed by atoms with E-state index in [9.17, 15) is 10.1 Å². The van der Waals surface area contributed by atoms with Gasteiger partial charge >= 0.3 is 7.12 Å². The molecule has 0 fully saturated rings. The van der Waals surface area contributed by atoms with Crippen LogP contribution in [0, 0.1) is 0 Å². The summed E-state index contributed by atoms with van der Waals surface area (Å²) in [7, 11) is -1.07. The summed E-state index contributed by atoms with van der Waals surface area (Å²) in [6.45, 7) is 0.384. The molecule has 1 aromatic rings. The van der Waals surface area contributed by atoms with E-state index in [0.29, 0.717) is 12.0 Å². The van der Waals surface area contributed by atoms with Crippen LogP contribution in [0.25, 0.3) is 0 Å². The molecule has 1 unspecified atom stereocenters. The molecule has 1 atom stereocenters. The Morgan fingerprint density at radius 2 is 2.36 bits per heavy atom. The predicted octanol–water partition coefficient (Wildman–Crippen LogP) is -0.106. The van der Waals surface area contributed by atoms with Crippen LogP contribution in [0.2, 0.25) is 0 Å². The van der Waals surface area contributed by atoms with Crippen LogP contribution in [0.4, 0.5) is 0 Å². The highest BCUT2D eigenvalue weighted by Gasteiger charge is 2.36. The minimum Gasteiger partial charge on any atom is -0.508 e. The topological polar surface area (TPSA) is 61.7 Å². The Bertz CT molecular complexity index is 349. The second-order valence-corrected chi connectivity index (χ2v) is 3.36. The molecule has 0 saturated carbocycles. The van der Waals surface area contributed by atoms with Crippen molar-refractivity contribution in [3.05, 3.63) is 23.8 Å². The van der Waals surface area contributed by atoms with Gasteiger partial charge in [0.15, 0.2) is 0 Å². The Labute approximate surface area is 86.7 Å². The number of halogens is 1. The maximum atomic E-state index is 9.51. The van der Waals surface area contributed by atoms with Crippen LogP contribution in [-0.4, -0.2) is 23.8 Å². The quantitative estimate of drug-likeness (QED) is 0.474. The molecule has 6 heteroatoms. The van der Waals surface area contributed by atoms with Gasteiger partial charge in [-0.05, 0) is 23.4 Å². The smallest absolute Gasteiger partial charge is 0.495 e. The van der Waals surface area contributed by atoms with E-state index in [1.54, 1.807) is 12.1 Å². The molecule has 4 nitrogen and oxygen atoms in total. The molecule has 14 heavy (non-hydrogen) atoms. The van der Waals surface area contributed by atoms with Gasteiger partial charge in [0, 0.05) is 12.0 Å². The zero-order valence-electron chi connectivity index (χ0n) is 7.27. The van der Waals surface area contributed by atoms with Crippen molar-refractivity contribution < 1.29 is 14.8 Å². The van der Waals surface area contributed by atoms with Gasteiger partial charge < -0.3 is 14.8 Å². The fourth-order valence-electron chi connectivity index (χ4n) is 1.65. The van der Waals surface area contributed by atoms with Crippen molar-refractivity contribution in [1.29, 1.82) is 0 Å². The Balaban J connectivity index is 2.39. The zero-order chi connectivity index (χ0) is 10.1. The lowest BCUT2D eigenvalue weighted by Crippen LogP contribution is -2.28. The number of benzene rings is 1. The van der Waals surface area contributed by atoms with Gasteiger partial charge in [0.2, 0.25) is 0 Å². The van der Waals surface area contributed by atoms with E-state index in [4.69, 9.17) is 16.4 Å². The van der Waals surface area contributed by atoms with Crippen molar-refractivity contribution in [2.75, 3.05) is 6.54 Å². The van der Waals surface area contributed by atoms with Crippen LogP contribution in [0.15, 0.2) is 18.2 Å². The molecule has 0 aromatic heterocycles. The molecule has 0 saturated heterocycles. The molecule has 1 aliphatic rings. The largest absolute Gasteiger partial charge is 0.508 e. The molecule has 0 bridgehead atoms. The molecule has 0 radical (unpaired) electrons. The number of hydrogen-bond acceptors (Lipinski definition) is 4. The van der Waals surface area contributed by atoms with Gasteiger partial charge in [-0.1, -0.05) is 12.1 Å². The second kappa shape index (κ2) is 3.78. The molecular formula is C8H9BClNO3. The van der Waals surface area contributed by atoms with Crippen LogP contribution in [0.5, 0.6) is 5.75 Å². The molecule has 0 amide bonds. The average molecular weight is 213 g/mol. The summed E-state index contributed by atoms with van der Waals surface area (Å²) in [5.41, 5.74) is 1.20. The van der Waals surface area contributed by atoms with E-state index in [0.717, 1.165) is 5.56 Å². The third-order valence-electron chi connectivity index (χ3n) is 2.27. The van der Waals surface area contributed by atoms with Crippen LogP contribution in [0.3, 0.4) is 0 Å². The van der Waals surface area contributed by atoms with Crippen LogP contribution < -0.4 is 10.3 Å². The first-order chi connectivity index (χ1) is 6.74. The maximum Gasteiger partial charge on any atom is 0.495 e. The molecule has 1 heterocycles. The number of nitrogens with one attached hydrogen (secondary N) is 1. The first-order valence-corrected chi connectivity index (χ1v) is 4.60. The molecular weight excluding hydrogens is 204 g/mol. The molecule has 1 aromatic carbocycles. The summed E-state index contributed by atoms with van der Waals surface area (Å²) in [5, 5.41) is 19.0. The second-order valence-electron chi connectivity index (χ2n) is 3.09. The zero-order valence-corrected chi connectivity index (χ0v) is 8.03. The van der Waals surface area contributed by atoms with Gasteiger partial charge in [0.1, 0.15) is 5.75 Å². The number of phenolic OH excluding ortho intramolecular Hbond substituents is 1. The first kappa shape index (κ1) is 9.80. The fraction of sp³-hybridized carbons (Fsp3) is 0.250. The summed E-state index contributed by atoms with van der Waals surface area (Å²) in [6.07, 6.45) is -0.315. The third kappa shape index (κ3) is 1.48. The first-order valence-electron chi connectivity index (χ1n) is 4.23. The lowest BCUT2D eigenvalue weighted by atomic mass is 9.78. The average Bonchev–Trinajstić information content (AvgIpc) is 2.46. The lowest BCUT2D eigenvalue weighted by molar-refractivity contribution is 0.194. The van der Waals surface area contributed by atoms with Crippen molar-refractivity contribution in [2.24, 2.45) is 0 Å². The van der Waals surface area contributed by atoms with Crippen LogP contribution in [-0.2, 0) is 4.65 Å². The van der Waals surface area contributed by atoms with E-state index in [1.165, 1.54) is 6.07 Å². The molecule has 74 valence electrons. The van der Waals surface area contributed by atoms with Crippen molar-refractivity contribution in [2.45, 2.75) is 6.10 Å². The predicted molar refractivity (Wildman–Crippen MR) is 53.4 cm³/mol. The monoisotopic (exact) mass is 213 g/mol. The van der Waals surface area contributed by atoms with Crippen molar-refractivity contribution in [1.82, 2.24) is 4.84 Å². The Morgan fingerprint density at radius 3 is 3.07 bits per heavy atom. The Hall–Kier alpha value is -0.745. The number of aromatic hydroxyl groups is 1. The maximum absolute atomic E-state index is 9.51. The molecule has 2 rings (SSSR count). The SMILES string of the molecule is OB1OC(CNCl)c2cccc(O)c21. The van der Waals surface area contributed by atoms with Crippen LogP contribution >= 0.6 is 11.8 Å². The standard InChI is InChI=1S/C8H9BClNO3/c10-11-4-7-5-2-1-3-6(12)8(5)9(13)14-7/h1-3,7,11-13H,4H2.